The molecule has 4 bridgehead atoms. The van der Waals surface area contributed by atoms with Gasteiger partial charge in [0.15, 0.2) is 0 Å². The Labute approximate surface area is 158 Å². The van der Waals surface area contributed by atoms with Gasteiger partial charge in [-0.2, -0.15) is 0 Å². The number of aliphatic hydroxyl groups is 2. The summed E-state index contributed by atoms with van der Waals surface area (Å²) in [6, 6.07) is 5.00. The van der Waals surface area contributed by atoms with Crippen LogP contribution in [-0.4, -0.2) is 32.0 Å². The highest BCUT2D eigenvalue weighted by molar-refractivity contribution is 5.69. The number of rotatable bonds is 3. The molecule has 4 atom stereocenters. The zero-order chi connectivity index (χ0) is 18.3. The molecule has 4 aliphatic carbocycles. The average molecular weight is 368 g/mol. The molecule has 4 fully saturated rings. The number of halogens is 1. The van der Waals surface area contributed by atoms with Gasteiger partial charge in [0, 0.05) is 11.1 Å². The van der Waals surface area contributed by atoms with Crippen molar-refractivity contribution in [3.63, 3.8) is 0 Å². The summed E-state index contributed by atoms with van der Waals surface area (Å²) in [6.07, 6.45) is 8.49. The first kappa shape index (κ1) is 16.3. The van der Waals surface area contributed by atoms with Crippen molar-refractivity contribution in [1.82, 2.24) is 9.55 Å². The molecule has 2 unspecified atom stereocenters. The van der Waals surface area contributed by atoms with E-state index < -0.39 is 6.10 Å². The van der Waals surface area contributed by atoms with E-state index in [1.165, 1.54) is 6.07 Å². The monoisotopic (exact) mass is 368 g/mol. The second-order valence-electron chi connectivity index (χ2n) is 9.48. The molecule has 1 aromatic carbocycles. The molecule has 0 amide bonds. The summed E-state index contributed by atoms with van der Waals surface area (Å²) in [6.45, 7) is 0. The third-order valence-corrected chi connectivity index (χ3v) is 8.09. The molecule has 1 aliphatic heterocycles. The molecule has 2 aromatic rings. The van der Waals surface area contributed by atoms with Crippen molar-refractivity contribution < 1.29 is 14.6 Å². The number of aliphatic hydroxyl groups excluding tert-OH is 2. The Balaban J connectivity index is 1.35. The van der Waals surface area contributed by atoms with Crippen LogP contribution in [0.4, 0.5) is 4.39 Å². The van der Waals surface area contributed by atoms with Crippen LogP contribution in [0.25, 0.3) is 11.3 Å². The molecule has 2 heterocycles. The predicted molar refractivity (Wildman–Crippen MR) is 98.4 cm³/mol. The van der Waals surface area contributed by atoms with Gasteiger partial charge in [-0.15, -0.1) is 0 Å². The number of hydrogen-bond donors (Lipinski definition) is 2. The number of imidazole rings is 1. The van der Waals surface area contributed by atoms with E-state index in [0.29, 0.717) is 29.7 Å². The summed E-state index contributed by atoms with van der Waals surface area (Å²) < 4.78 is 16.7. The summed E-state index contributed by atoms with van der Waals surface area (Å²) in [5.74, 6) is 1.11. The van der Waals surface area contributed by atoms with Crippen molar-refractivity contribution in [1.29, 1.82) is 0 Å². The smallest absolute Gasteiger partial charge is 0.129 e. The third-order valence-electron chi connectivity index (χ3n) is 8.09. The molecule has 4 nitrogen and oxygen atoms in total. The Morgan fingerprint density at radius 1 is 1.22 bits per heavy atom. The first-order valence-electron chi connectivity index (χ1n) is 10.2. The van der Waals surface area contributed by atoms with Gasteiger partial charge in [-0.1, -0.05) is 12.1 Å². The highest BCUT2D eigenvalue weighted by Crippen LogP contribution is 2.62. The maximum atomic E-state index is 14.7. The first-order valence-corrected chi connectivity index (χ1v) is 10.2. The number of nitrogens with zero attached hydrogens (tertiary/aromatic N) is 2. The second-order valence-corrected chi connectivity index (χ2v) is 9.48. The van der Waals surface area contributed by atoms with E-state index >= 15 is 0 Å². The Hall–Kier alpha value is -1.72. The molecular weight excluding hydrogens is 343 g/mol. The minimum Gasteiger partial charge on any atom is -0.393 e. The van der Waals surface area contributed by atoms with E-state index in [4.69, 9.17) is 0 Å². The lowest BCUT2D eigenvalue weighted by molar-refractivity contribution is -0.173. The van der Waals surface area contributed by atoms with Gasteiger partial charge in [-0.05, 0) is 67.8 Å². The summed E-state index contributed by atoms with van der Waals surface area (Å²) in [5.41, 5.74) is 2.41. The van der Waals surface area contributed by atoms with Crippen molar-refractivity contribution in [3.05, 3.63) is 42.1 Å². The Kier molecular flexibility index (Phi) is 3.26. The minimum atomic E-state index is -0.482. The fourth-order valence-corrected chi connectivity index (χ4v) is 7.16. The molecule has 142 valence electrons. The van der Waals surface area contributed by atoms with E-state index in [2.05, 4.69) is 4.98 Å². The molecule has 5 heteroatoms. The fourth-order valence-electron chi connectivity index (χ4n) is 7.16. The van der Waals surface area contributed by atoms with Crippen LogP contribution in [0.15, 0.2) is 30.7 Å². The van der Waals surface area contributed by atoms with Gasteiger partial charge in [0.1, 0.15) is 5.82 Å². The number of hydrogen-bond acceptors (Lipinski definition) is 3. The van der Waals surface area contributed by atoms with Gasteiger partial charge in [-0.25, -0.2) is 9.37 Å². The van der Waals surface area contributed by atoms with Gasteiger partial charge in [0.2, 0.25) is 0 Å². The van der Waals surface area contributed by atoms with Crippen LogP contribution in [0, 0.1) is 29.0 Å². The van der Waals surface area contributed by atoms with Gasteiger partial charge < -0.3 is 14.8 Å². The fraction of sp³-hybridized carbons (Fsp3) is 0.591. The molecule has 1 aromatic heterocycles. The molecular formula is C22H25FN2O2. The number of benzene rings is 1. The van der Waals surface area contributed by atoms with E-state index in [-0.39, 0.29) is 23.4 Å². The number of aromatic nitrogens is 2. The van der Waals surface area contributed by atoms with Crippen molar-refractivity contribution in [2.45, 2.75) is 56.8 Å². The van der Waals surface area contributed by atoms with Crippen molar-refractivity contribution in [3.8, 4) is 11.3 Å². The Morgan fingerprint density at radius 2 is 2.00 bits per heavy atom. The second kappa shape index (κ2) is 5.42. The van der Waals surface area contributed by atoms with Crippen molar-refractivity contribution in [2.24, 2.45) is 23.2 Å². The molecule has 2 N–H and O–H groups in total. The maximum Gasteiger partial charge on any atom is 0.129 e. The zero-order valence-electron chi connectivity index (χ0n) is 15.3. The first-order chi connectivity index (χ1) is 13.1. The largest absolute Gasteiger partial charge is 0.393 e. The molecule has 5 aliphatic rings. The van der Waals surface area contributed by atoms with Gasteiger partial charge >= 0.3 is 0 Å². The Bertz CT molecular complexity index is 893. The van der Waals surface area contributed by atoms with Crippen LogP contribution in [0.3, 0.4) is 0 Å². The molecule has 0 radical (unpaired) electrons. The van der Waals surface area contributed by atoms with Crippen LogP contribution >= 0.6 is 0 Å². The maximum absolute atomic E-state index is 14.7. The van der Waals surface area contributed by atoms with E-state index in [0.717, 1.165) is 43.4 Å². The lowest BCUT2D eigenvalue weighted by Crippen LogP contribution is -2.57. The van der Waals surface area contributed by atoms with E-state index in [1.54, 1.807) is 18.6 Å². The quantitative estimate of drug-likeness (QED) is 0.871. The van der Waals surface area contributed by atoms with Gasteiger partial charge in [0.25, 0.3) is 0 Å². The molecule has 4 saturated carbocycles. The highest BCUT2D eigenvalue weighted by Gasteiger charge is 2.57. The van der Waals surface area contributed by atoms with Gasteiger partial charge in [-0.3, -0.25) is 0 Å². The SMILES string of the molecule is OC1C2CC3CC1CC([C@@H](O)C[C@@H]1c4c(F)cccc4-c4cncn41)(C3)C2. The normalized spacial score (nSPS) is 39.4. The average Bonchev–Trinajstić information content (AvgIpc) is 3.22. The van der Waals surface area contributed by atoms with Crippen LogP contribution in [0.2, 0.25) is 0 Å². The van der Waals surface area contributed by atoms with Crippen LogP contribution in [0.5, 0.6) is 0 Å². The highest BCUT2D eigenvalue weighted by atomic mass is 19.1. The lowest BCUT2D eigenvalue weighted by Gasteiger charge is -2.60. The van der Waals surface area contributed by atoms with Crippen molar-refractivity contribution in [2.75, 3.05) is 0 Å². The topological polar surface area (TPSA) is 58.3 Å². The molecule has 7 rings (SSSR count). The zero-order valence-corrected chi connectivity index (χ0v) is 15.3. The summed E-state index contributed by atoms with van der Waals surface area (Å²) in [7, 11) is 0. The Morgan fingerprint density at radius 3 is 2.78 bits per heavy atom. The lowest BCUT2D eigenvalue weighted by atomic mass is 9.47. The summed E-state index contributed by atoms with van der Waals surface area (Å²) in [5, 5.41) is 21.9. The van der Waals surface area contributed by atoms with Crippen LogP contribution < -0.4 is 0 Å². The standard InChI is InChI=1S/C22H25FN2O2/c23-16-3-1-2-15-18-10-24-11-25(18)17(20(15)16)6-19(26)22-7-12-4-13(8-22)21(27)14(5-12)9-22/h1-3,10-14,17,19,21,26-27H,4-9H2/t12?,13?,14?,17-,19+,21?,22?/m1/s1. The van der Waals surface area contributed by atoms with Crippen LogP contribution in [0.1, 0.15) is 50.1 Å². The van der Waals surface area contributed by atoms with Crippen LogP contribution in [-0.2, 0) is 0 Å². The number of fused-ring (bicyclic) bond motifs is 3. The molecule has 0 spiro atoms. The van der Waals surface area contributed by atoms with E-state index in [1.807, 2.05) is 10.6 Å². The van der Waals surface area contributed by atoms with Crippen molar-refractivity contribution >= 4 is 0 Å². The van der Waals surface area contributed by atoms with Gasteiger partial charge in [0.05, 0.1) is 36.5 Å². The van der Waals surface area contributed by atoms with E-state index in [9.17, 15) is 14.6 Å². The molecule has 27 heavy (non-hydrogen) atoms. The molecule has 0 saturated heterocycles. The third kappa shape index (κ3) is 2.13. The predicted octanol–water partition coefficient (Wildman–Crippen LogP) is 3.53. The summed E-state index contributed by atoms with van der Waals surface area (Å²) >= 11 is 0. The minimum absolute atomic E-state index is 0.107. The summed E-state index contributed by atoms with van der Waals surface area (Å²) in [4.78, 5) is 4.26.